The third-order valence-electron chi connectivity index (χ3n) is 3.26. The zero-order chi connectivity index (χ0) is 16.2. The Hall–Kier alpha value is -2.80. The lowest BCUT2D eigenvalue weighted by Gasteiger charge is -2.06. The summed E-state index contributed by atoms with van der Waals surface area (Å²) >= 11 is 5.16. The Morgan fingerprint density at radius 1 is 1.22 bits per heavy atom. The van der Waals surface area contributed by atoms with Crippen LogP contribution in [0.5, 0.6) is 11.5 Å². The minimum atomic E-state index is 0.0963. The number of benzene rings is 2. The van der Waals surface area contributed by atoms with E-state index in [4.69, 9.17) is 21.4 Å². The molecular formula is C16H15N3O3S. The van der Waals surface area contributed by atoms with Crippen LogP contribution in [-0.2, 0) is 6.67 Å². The molecule has 0 aliphatic rings. The first-order chi connectivity index (χ1) is 11.2. The van der Waals surface area contributed by atoms with Gasteiger partial charge < -0.3 is 19.6 Å². The van der Waals surface area contributed by atoms with E-state index in [0.29, 0.717) is 12.2 Å². The lowest BCUT2D eigenvalue weighted by molar-refractivity contribution is 0.415. The number of phenolic OH excluding ortho intramolecular Hbond substituents is 1. The van der Waals surface area contributed by atoms with Crippen LogP contribution in [0.4, 0.5) is 5.69 Å². The van der Waals surface area contributed by atoms with Crippen LogP contribution in [0, 0.1) is 4.84 Å². The van der Waals surface area contributed by atoms with Crippen LogP contribution in [0.3, 0.4) is 0 Å². The monoisotopic (exact) mass is 329 g/mol. The first-order valence-electron chi connectivity index (χ1n) is 6.91. The molecule has 0 unspecified atom stereocenters. The van der Waals surface area contributed by atoms with Gasteiger partial charge in [-0.2, -0.15) is 0 Å². The average molecular weight is 329 g/mol. The van der Waals surface area contributed by atoms with Crippen molar-refractivity contribution in [1.29, 1.82) is 0 Å². The minimum Gasteiger partial charge on any atom is -0.507 e. The summed E-state index contributed by atoms with van der Waals surface area (Å²) < 4.78 is 12.1. The number of hydrogen-bond donors (Lipinski definition) is 2. The molecule has 0 fully saturated rings. The van der Waals surface area contributed by atoms with Gasteiger partial charge in [-0.25, -0.2) is 4.68 Å². The number of phenols is 1. The summed E-state index contributed by atoms with van der Waals surface area (Å²) in [6, 6.07) is 14.3. The standard InChI is InChI=1S/C16H15N3O3S/c1-21-12-8-6-11(7-9-12)17-10-19-16(23)22-15(18-19)13-4-2-3-5-14(13)20/h2-9,17,20H,10H2,1H3. The van der Waals surface area contributed by atoms with Gasteiger partial charge in [0.15, 0.2) is 0 Å². The number of nitrogens with one attached hydrogen (secondary N) is 1. The molecule has 1 aromatic heterocycles. The molecule has 0 atom stereocenters. The van der Waals surface area contributed by atoms with E-state index >= 15 is 0 Å². The predicted molar refractivity (Wildman–Crippen MR) is 89.0 cm³/mol. The van der Waals surface area contributed by atoms with Crippen LogP contribution in [0.15, 0.2) is 52.9 Å². The Morgan fingerprint density at radius 3 is 2.65 bits per heavy atom. The fourth-order valence-corrected chi connectivity index (χ4v) is 2.23. The lowest BCUT2D eigenvalue weighted by atomic mass is 10.2. The van der Waals surface area contributed by atoms with Crippen molar-refractivity contribution in [2.45, 2.75) is 6.67 Å². The first kappa shape index (κ1) is 15.1. The summed E-state index contributed by atoms with van der Waals surface area (Å²) in [6.07, 6.45) is 0. The Bertz CT molecular complexity index is 856. The molecule has 0 bridgehead atoms. The highest BCUT2D eigenvalue weighted by molar-refractivity contribution is 7.71. The first-order valence-corrected chi connectivity index (χ1v) is 7.32. The highest BCUT2D eigenvalue weighted by Crippen LogP contribution is 2.27. The maximum absolute atomic E-state index is 9.85. The molecule has 0 radical (unpaired) electrons. The molecule has 0 saturated heterocycles. The summed E-state index contributed by atoms with van der Waals surface area (Å²) in [6.45, 7) is 0.349. The molecule has 3 rings (SSSR count). The Labute approximate surface area is 138 Å². The zero-order valence-corrected chi connectivity index (χ0v) is 13.2. The van der Waals surface area contributed by atoms with Gasteiger partial charge in [-0.05, 0) is 48.6 Å². The smallest absolute Gasteiger partial charge is 0.289 e. The number of hydrogen-bond acceptors (Lipinski definition) is 6. The van der Waals surface area contributed by atoms with Crippen LogP contribution in [0.25, 0.3) is 11.5 Å². The summed E-state index contributed by atoms with van der Waals surface area (Å²) in [4.78, 5) is 0.226. The van der Waals surface area contributed by atoms with Crippen molar-refractivity contribution in [3.8, 4) is 23.0 Å². The van der Waals surface area contributed by atoms with Crippen molar-refractivity contribution in [1.82, 2.24) is 9.78 Å². The summed E-state index contributed by atoms with van der Waals surface area (Å²) in [5.74, 6) is 1.17. The molecule has 118 valence electrons. The molecule has 2 aromatic carbocycles. The largest absolute Gasteiger partial charge is 0.507 e. The fraction of sp³-hybridized carbons (Fsp3) is 0.125. The van der Waals surface area contributed by atoms with Crippen LogP contribution in [-0.4, -0.2) is 22.0 Å². The van der Waals surface area contributed by atoms with Gasteiger partial charge in [-0.3, -0.25) is 0 Å². The van der Waals surface area contributed by atoms with Gasteiger partial charge in [0.1, 0.15) is 18.2 Å². The number of nitrogens with zero attached hydrogens (tertiary/aromatic N) is 2. The van der Waals surface area contributed by atoms with Gasteiger partial charge in [0, 0.05) is 5.69 Å². The number of para-hydroxylation sites is 1. The minimum absolute atomic E-state index is 0.0963. The number of ether oxygens (including phenoxy) is 1. The number of methoxy groups -OCH3 is 1. The molecule has 0 saturated carbocycles. The molecule has 2 N–H and O–H groups in total. The second kappa shape index (κ2) is 6.53. The van der Waals surface area contributed by atoms with Crippen molar-refractivity contribution >= 4 is 17.9 Å². The van der Waals surface area contributed by atoms with E-state index in [1.807, 2.05) is 24.3 Å². The second-order valence-corrected chi connectivity index (χ2v) is 5.10. The summed E-state index contributed by atoms with van der Waals surface area (Å²) in [5, 5.41) is 17.3. The van der Waals surface area contributed by atoms with Crippen molar-refractivity contribution < 1.29 is 14.3 Å². The molecule has 3 aromatic rings. The van der Waals surface area contributed by atoms with Gasteiger partial charge in [-0.15, -0.1) is 5.10 Å². The summed E-state index contributed by atoms with van der Waals surface area (Å²) in [7, 11) is 1.62. The maximum atomic E-state index is 9.85. The van der Waals surface area contributed by atoms with E-state index in [2.05, 4.69) is 10.4 Å². The van der Waals surface area contributed by atoms with Gasteiger partial charge in [0.2, 0.25) is 0 Å². The molecule has 0 aliphatic heterocycles. The molecule has 6 nitrogen and oxygen atoms in total. The van der Waals surface area contributed by atoms with E-state index in [9.17, 15) is 5.11 Å². The topological polar surface area (TPSA) is 72.5 Å². The lowest BCUT2D eigenvalue weighted by Crippen LogP contribution is -2.09. The molecule has 0 aliphatic carbocycles. The van der Waals surface area contributed by atoms with Crippen molar-refractivity contribution in [2.24, 2.45) is 0 Å². The van der Waals surface area contributed by atoms with Gasteiger partial charge >= 0.3 is 0 Å². The van der Waals surface area contributed by atoms with Gasteiger partial charge in [-0.1, -0.05) is 12.1 Å². The fourth-order valence-electron chi connectivity index (χ4n) is 2.04. The van der Waals surface area contributed by atoms with E-state index in [1.54, 1.807) is 31.4 Å². The summed E-state index contributed by atoms with van der Waals surface area (Å²) in [5.41, 5.74) is 1.40. The Morgan fingerprint density at radius 2 is 1.96 bits per heavy atom. The molecule has 23 heavy (non-hydrogen) atoms. The van der Waals surface area contributed by atoms with Crippen molar-refractivity contribution in [3.05, 3.63) is 53.4 Å². The third kappa shape index (κ3) is 3.35. The van der Waals surface area contributed by atoms with Gasteiger partial charge in [0.25, 0.3) is 10.7 Å². The molecule has 0 amide bonds. The Kier molecular flexibility index (Phi) is 4.29. The highest BCUT2D eigenvalue weighted by Gasteiger charge is 2.11. The maximum Gasteiger partial charge on any atom is 0.289 e. The molecule has 0 spiro atoms. The number of anilines is 1. The van der Waals surface area contributed by atoms with Gasteiger partial charge in [0.05, 0.1) is 12.7 Å². The van der Waals surface area contributed by atoms with E-state index in [1.165, 1.54) is 4.68 Å². The van der Waals surface area contributed by atoms with E-state index in [0.717, 1.165) is 11.4 Å². The third-order valence-corrected chi connectivity index (χ3v) is 3.56. The van der Waals surface area contributed by atoms with Crippen molar-refractivity contribution in [3.63, 3.8) is 0 Å². The predicted octanol–water partition coefficient (Wildman–Crippen LogP) is 3.66. The zero-order valence-electron chi connectivity index (χ0n) is 12.4. The van der Waals surface area contributed by atoms with Crippen molar-refractivity contribution in [2.75, 3.05) is 12.4 Å². The number of aromatic hydroxyl groups is 1. The van der Waals surface area contributed by atoms with Crippen LogP contribution in [0.2, 0.25) is 0 Å². The van der Waals surface area contributed by atoms with E-state index < -0.39 is 0 Å². The normalized spacial score (nSPS) is 10.5. The SMILES string of the molecule is COc1ccc(NCn2nc(-c3ccccc3O)oc2=S)cc1. The molecule has 1 heterocycles. The van der Waals surface area contributed by atoms with Crippen LogP contribution in [0.1, 0.15) is 0 Å². The quantitative estimate of drug-likeness (QED) is 0.696. The number of rotatable bonds is 5. The van der Waals surface area contributed by atoms with E-state index in [-0.39, 0.29) is 16.5 Å². The van der Waals surface area contributed by atoms with Crippen LogP contribution < -0.4 is 10.1 Å². The average Bonchev–Trinajstić information content (AvgIpc) is 2.94. The van der Waals surface area contributed by atoms with Crippen LogP contribution >= 0.6 is 12.2 Å². The number of aromatic nitrogens is 2. The molecular weight excluding hydrogens is 314 g/mol. The second-order valence-electron chi connectivity index (χ2n) is 4.75. The molecule has 7 heteroatoms. The Balaban J connectivity index is 1.76. The highest BCUT2D eigenvalue weighted by atomic mass is 32.1.